The summed E-state index contributed by atoms with van der Waals surface area (Å²) in [5, 5.41) is 0. The smallest absolute Gasteiger partial charge is 0.242 e. The minimum absolute atomic E-state index is 0.0801. The Morgan fingerprint density at radius 1 is 1.00 bits per heavy atom. The molecule has 0 bridgehead atoms. The van der Waals surface area contributed by atoms with Crippen molar-refractivity contribution in [2.45, 2.75) is 30.4 Å². The molecule has 1 unspecified atom stereocenters. The van der Waals surface area contributed by atoms with Gasteiger partial charge in [-0.3, -0.25) is 0 Å². The number of hydrogen-bond donors (Lipinski definition) is 1. The highest BCUT2D eigenvalue weighted by Crippen LogP contribution is 2.36. The Morgan fingerprint density at radius 2 is 1.79 bits per heavy atom. The minimum Gasteiger partial charge on any atom is -0.493 e. The van der Waals surface area contributed by atoms with Crippen LogP contribution in [0.2, 0.25) is 0 Å². The molecule has 1 saturated heterocycles. The third-order valence-corrected chi connectivity index (χ3v) is 8.23. The van der Waals surface area contributed by atoms with Crippen molar-refractivity contribution >= 4 is 15.8 Å². The van der Waals surface area contributed by atoms with Gasteiger partial charge in [-0.05, 0) is 36.2 Å². The Bertz CT molecular complexity index is 1520. The maximum Gasteiger partial charge on any atom is 0.242 e. The van der Waals surface area contributed by atoms with Crippen molar-refractivity contribution in [2.75, 3.05) is 25.1 Å². The highest BCUT2D eigenvalue weighted by molar-refractivity contribution is 7.89. The first-order valence-corrected chi connectivity index (χ1v) is 14.2. The third-order valence-electron chi connectivity index (χ3n) is 6.85. The van der Waals surface area contributed by atoms with Crippen LogP contribution in [0.1, 0.15) is 29.0 Å². The van der Waals surface area contributed by atoms with Gasteiger partial charge in [-0.1, -0.05) is 60.7 Å². The van der Waals surface area contributed by atoms with Gasteiger partial charge in [0.1, 0.15) is 23.1 Å². The zero-order chi connectivity index (χ0) is 27.2. The number of anilines is 1. The van der Waals surface area contributed by atoms with Crippen molar-refractivity contribution < 1.29 is 22.3 Å². The highest BCUT2D eigenvalue weighted by Gasteiger charge is 2.28. The second-order valence-corrected chi connectivity index (χ2v) is 11.1. The van der Waals surface area contributed by atoms with Crippen LogP contribution in [0.3, 0.4) is 0 Å². The topological polar surface area (TPSA) is 80.8 Å². The lowest BCUT2D eigenvalue weighted by molar-refractivity contribution is 0.302. The molecule has 202 valence electrons. The molecule has 7 nitrogen and oxygen atoms in total. The van der Waals surface area contributed by atoms with E-state index in [9.17, 15) is 12.8 Å². The Morgan fingerprint density at radius 3 is 2.56 bits per heavy atom. The molecule has 1 N–H and O–H groups in total. The SMILES string of the molecule is COc1c(F)cccc1C1CCN(c2ccc(S(=O)(=O)NCc3ccccc3OCc3ccccc3)cn2)C1. The number of rotatable bonds is 10. The van der Waals surface area contributed by atoms with Crippen LogP contribution in [-0.2, 0) is 23.2 Å². The van der Waals surface area contributed by atoms with Crippen LogP contribution in [0.15, 0.2) is 96.0 Å². The molecule has 0 amide bonds. The fourth-order valence-corrected chi connectivity index (χ4v) is 5.74. The van der Waals surface area contributed by atoms with E-state index in [0.717, 1.165) is 29.7 Å². The molecule has 1 aromatic heterocycles. The normalized spacial score (nSPS) is 15.3. The minimum atomic E-state index is -3.79. The van der Waals surface area contributed by atoms with Gasteiger partial charge in [-0.2, -0.15) is 0 Å². The van der Waals surface area contributed by atoms with Gasteiger partial charge in [0, 0.05) is 42.9 Å². The van der Waals surface area contributed by atoms with Gasteiger partial charge in [0.15, 0.2) is 11.6 Å². The first-order chi connectivity index (χ1) is 18.9. The molecule has 1 aliphatic heterocycles. The largest absolute Gasteiger partial charge is 0.493 e. The molecule has 39 heavy (non-hydrogen) atoms. The van der Waals surface area contributed by atoms with Crippen LogP contribution in [0.5, 0.6) is 11.5 Å². The van der Waals surface area contributed by atoms with E-state index in [2.05, 4.69) is 14.6 Å². The van der Waals surface area contributed by atoms with Crippen molar-refractivity contribution in [1.82, 2.24) is 9.71 Å². The summed E-state index contributed by atoms with van der Waals surface area (Å²) in [6.45, 7) is 1.83. The predicted octanol–water partition coefficient (Wildman–Crippen LogP) is 5.28. The summed E-state index contributed by atoms with van der Waals surface area (Å²) in [7, 11) is -2.32. The summed E-state index contributed by atoms with van der Waals surface area (Å²) in [5.41, 5.74) is 2.59. The first kappa shape index (κ1) is 26.6. The van der Waals surface area contributed by atoms with Crippen molar-refractivity contribution in [2.24, 2.45) is 0 Å². The maximum atomic E-state index is 14.2. The van der Waals surface area contributed by atoms with E-state index in [1.807, 2.05) is 60.7 Å². The number of hydrogen-bond acceptors (Lipinski definition) is 6. The maximum absolute atomic E-state index is 14.2. The summed E-state index contributed by atoms with van der Waals surface area (Å²) in [6, 6.07) is 25.4. The molecule has 2 heterocycles. The van der Waals surface area contributed by atoms with Crippen LogP contribution in [0.4, 0.5) is 10.2 Å². The molecule has 1 fully saturated rings. The fraction of sp³-hybridized carbons (Fsp3) is 0.233. The highest BCUT2D eigenvalue weighted by atomic mass is 32.2. The Balaban J connectivity index is 1.22. The molecular formula is C30H30FN3O4S. The van der Waals surface area contributed by atoms with E-state index in [0.29, 0.717) is 24.7 Å². The summed E-state index contributed by atoms with van der Waals surface area (Å²) in [6.07, 6.45) is 2.18. The van der Waals surface area contributed by atoms with Gasteiger partial charge >= 0.3 is 0 Å². The molecule has 5 rings (SSSR count). The van der Waals surface area contributed by atoms with Gasteiger partial charge in [0.2, 0.25) is 10.0 Å². The van der Waals surface area contributed by atoms with Crippen molar-refractivity contribution in [3.8, 4) is 11.5 Å². The average Bonchev–Trinajstić information content (AvgIpc) is 3.46. The first-order valence-electron chi connectivity index (χ1n) is 12.7. The predicted molar refractivity (Wildman–Crippen MR) is 148 cm³/mol. The second kappa shape index (κ2) is 11.8. The summed E-state index contributed by atoms with van der Waals surface area (Å²) >= 11 is 0. The quantitative estimate of drug-likeness (QED) is 0.291. The van der Waals surface area contributed by atoms with Crippen LogP contribution < -0.4 is 19.1 Å². The van der Waals surface area contributed by atoms with Gasteiger partial charge in [-0.15, -0.1) is 0 Å². The molecule has 0 aliphatic carbocycles. The summed E-state index contributed by atoms with van der Waals surface area (Å²) in [5.74, 6) is 1.28. The molecular weight excluding hydrogens is 517 g/mol. The van der Waals surface area contributed by atoms with E-state index < -0.39 is 10.0 Å². The number of para-hydroxylation sites is 2. The lowest BCUT2D eigenvalue weighted by atomic mass is 9.97. The fourth-order valence-electron chi connectivity index (χ4n) is 4.79. The Kier molecular flexibility index (Phi) is 8.09. The third kappa shape index (κ3) is 6.21. The van der Waals surface area contributed by atoms with Crippen LogP contribution in [0, 0.1) is 5.82 Å². The monoisotopic (exact) mass is 547 g/mol. The van der Waals surface area contributed by atoms with Crippen LogP contribution in [0.25, 0.3) is 0 Å². The second-order valence-electron chi connectivity index (χ2n) is 9.35. The average molecular weight is 548 g/mol. The number of benzene rings is 3. The zero-order valence-corrected chi connectivity index (χ0v) is 22.4. The molecule has 0 saturated carbocycles. The molecule has 1 aliphatic rings. The van der Waals surface area contributed by atoms with Gasteiger partial charge in [0.25, 0.3) is 0 Å². The molecule has 1 atom stereocenters. The molecule has 4 aromatic rings. The van der Waals surface area contributed by atoms with Crippen LogP contribution >= 0.6 is 0 Å². The van der Waals surface area contributed by atoms with Crippen LogP contribution in [-0.4, -0.2) is 33.6 Å². The Hall–Kier alpha value is -3.95. The molecule has 0 radical (unpaired) electrons. The number of nitrogens with one attached hydrogen (secondary N) is 1. The number of sulfonamides is 1. The number of nitrogens with zero attached hydrogens (tertiary/aromatic N) is 2. The van der Waals surface area contributed by atoms with Gasteiger partial charge in [-0.25, -0.2) is 22.5 Å². The molecule has 9 heteroatoms. The molecule has 0 spiro atoms. The van der Waals surface area contributed by atoms with Crippen molar-refractivity contribution in [1.29, 1.82) is 0 Å². The summed E-state index contributed by atoms with van der Waals surface area (Å²) < 4.78 is 54.1. The van der Waals surface area contributed by atoms with Gasteiger partial charge < -0.3 is 14.4 Å². The van der Waals surface area contributed by atoms with Crippen molar-refractivity contribution in [3.63, 3.8) is 0 Å². The Labute approximate surface area is 228 Å². The zero-order valence-electron chi connectivity index (χ0n) is 21.6. The van der Waals surface area contributed by atoms with E-state index in [1.54, 1.807) is 18.2 Å². The standard InChI is InChI=1S/C30H30FN3O4S/c1-37-30-26(11-7-12-27(30)31)24-16-17-34(20-24)29-15-14-25(19-32-29)39(35,36)33-18-23-10-5-6-13-28(23)38-21-22-8-3-2-4-9-22/h2-15,19,24,33H,16-18,20-21H2,1H3. The van der Waals surface area contributed by atoms with Gasteiger partial charge in [0.05, 0.1) is 7.11 Å². The van der Waals surface area contributed by atoms with E-state index in [4.69, 9.17) is 9.47 Å². The summed E-state index contributed by atoms with van der Waals surface area (Å²) in [4.78, 5) is 6.58. The lowest BCUT2D eigenvalue weighted by Gasteiger charge is -2.19. The lowest BCUT2D eigenvalue weighted by Crippen LogP contribution is -2.24. The number of ether oxygens (including phenoxy) is 2. The van der Waals surface area contributed by atoms with E-state index in [1.165, 1.54) is 19.4 Å². The molecule has 3 aromatic carbocycles. The number of pyridine rings is 1. The number of methoxy groups -OCH3 is 1. The van der Waals surface area contributed by atoms with E-state index in [-0.39, 0.29) is 28.9 Å². The number of halogens is 1. The van der Waals surface area contributed by atoms with Crippen molar-refractivity contribution in [3.05, 3.63) is 114 Å². The number of aromatic nitrogens is 1. The van der Waals surface area contributed by atoms with E-state index >= 15 is 0 Å².